The van der Waals surface area contributed by atoms with Crippen molar-refractivity contribution >= 4 is 34.8 Å². The van der Waals surface area contributed by atoms with Gasteiger partial charge in [-0.3, -0.25) is 4.90 Å². The van der Waals surface area contributed by atoms with Gasteiger partial charge < -0.3 is 5.32 Å². The molecular formula is C15H27Cl2N3O2S. The molecule has 1 heterocycles. The summed E-state index contributed by atoms with van der Waals surface area (Å²) >= 11 is 0. The number of halogens is 2. The van der Waals surface area contributed by atoms with Crippen molar-refractivity contribution in [2.24, 2.45) is 0 Å². The molecule has 1 fully saturated rings. The third-order valence-corrected chi connectivity index (χ3v) is 5.18. The van der Waals surface area contributed by atoms with Crippen LogP contribution in [0.3, 0.4) is 0 Å². The average molecular weight is 384 g/mol. The number of hydrogen-bond donors (Lipinski definition) is 2. The third kappa shape index (κ3) is 7.37. The van der Waals surface area contributed by atoms with Crippen LogP contribution in [0.25, 0.3) is 0 Å². The molecule has 0 aliphatic carbocycles. The Balaban J connectivity index is 0.00000242. The van der Waals surface area contributed by atoms with Crippen molar-refractivity contribution in [3.63, 3.8) is 0 Å². The average Bonchev–Trinajstić information content (AvgIpc) is 2.49. The van der Waals surface area contributed by atoms with Crippen LogP contribution in [0.5, 0.6) is 0 Å². The van der Waals surface area contributed by atoms with E-state index in [9.17, 15) is 8.42 Å². The van der Waals surface area contributed by atoms with Gasteiger partial charge in [0, 0.05) is 39.3 Å². The molecule has 2 N–H and O–H groups in total. The van der Waals surface area contributed by atoms with Crippen LogP contribution < -0.4 is 10.0 Å². The van der Waals surface area contributed by atoms with Crippen LogP contribution in [0.4, 0.5) is 0 Å². The molecule has 1 aliphatic rings. The lowest BCUT2D eigenvalue weighted by atomic mass is 10.1. The molecule has 1 aromatic rings. The Morgan fingerprint density at radius 1 is 1.13 bits per heavy atom. The summed E-state index contributed by atoms with van der Waals surface area (Å²) < 4.78 is 27.1. The Bertz CT molecular complexity index is 532. The topological polar surface area (TPSA) is 61.4 Å². The second-order valence-corrected chi connectivity index (χ2v) is 7.15. The van der Waals surface area contributed by atoms with Gasteiger partial charge in [-0.1, -0.05) is 25.5 Å². The standard InChI is InChI=1S/C15H25N3O2S.2ClH/c1-2-3-14-4-6-15(7-5-14)21(19,20)17-10-13-18-11-8-16-9-12-18;;/h4-7,16-17H,2-3,8-13H2,1H3;2*1H. The van der Waals surface area contributed by atoms with E-state index in [2.05, 4.69) is 21.9 Å². The van der Waals surface area contributed by atoms with Gasteiger partial charge in [-0.05, 0) is 24.1 Å². The lowest BCUT2D eigenvalue weighted by Gasteiger charge is -2.27. The van der Waals surface area contributed by atoms with Gasteiger partial charge in [-0.2, -0.15) is 0 Å². The Morgan fingerprint density at radius 2 is 1.74 bits per heavy atom. The van der Waals surface area contributed by atoms with Gasteiger partial charge in [0.25, 0.3) is 0 Å². The first-order valence-electron chi connectivity index (χ1n) is 7.63. The van der Waals surface area contributed by atoms with Crippen molar-refractivity contribution in [1.82, 2.24) is 14.9 Å². The van der Waals surface area contributed by atoms with E-state index in [1.807, 2.05) is 12.1 Å². The lowest BCUT2D eigenvalue weighted by Crippen LogP contribution is -2.46. The molecule has 0 saturated carbocycles. The predicted octanol–water partition coefficient (Wildman–Crippen LogP) is 1.67. The first-order chi connectivity index (χ1) is 10.1. The van der Waals surface area contributed by atoms with Gasteiger partial charge >= 0.3 is 0 Å². The maximum absolute atomic E-state index is 12.2. The highest BCUT2D eigenvalue weighted by molar-refractivity contribution is 7.89. The zero-order valence-electron chi connectivity index (χ0n) is 13.5. The van der Waals surface area contributed by atoms with Gasteiger partial charge in [-0.15, -0.1) is 24.8 Å². The molecule has 0 unspecified atom stereocenters. The van der Waals surface area contributed by atoms with E-state index in [1.54, 1.807) is 12.1 Å². The molecule has 23 heavy (non-hydrogen) atoms. The van der Waals surface area contributed by atoms with Crippen LogP contribution in [-0.4, -0.2) is 52.6 Å². The highest BCUT2D eigenvalue weighted by atomic mass is 35.5. The molecule has 134 valence electrons. The van der Waals surface area contributed by atoms with E-state index < -0.39 is 10.0 Å². The molecular weight excluding hydrogens is 357 g/mol. The molecule has 8 heteroatoms. The Hall–Kier alpha value is -0.370. The van der Waals surface area contributed by atoms with Gasteiger partial charge in [0.05, 0.1) is 4.90 Å². The van der Waals surface area contributed by atoms with Gasteiger partial charge in [-0.25, -0.2) is 13.1 Å². The van der Waals surface area contributed by atoms with E-state index in [0.29, 0.717) is 11.4 Å². The minimum atomic E-state index is -3.39. The number of hydrogen-bond acceptors (Lipinski definition) is 4. The smallest absolute Gasteiger partial charge is 0.240 e. The zero-order valence-corrected chi connectivity index (χ0v) is 15.9. The van der Waals surface area contributed by atoms with Crippen molar-refractivity contribution in [2.45, 2.75) is 24.7 Å². The van der Waals surface area contributed by atoms with Crippen LogP contribution in [-0.2, 0) is 16.4 Å². The van der Waals surface area contributed by atoms with Crippen LogP contribution in [0.2, 0.25) is 0 Å². The van der Waals surface area contributed by atoms with Crippen LogP contribution in [0, 0.1) is 0 Å². The van der Waals surface area contributed by atoms with Crippen molar-refractivity contribution in [1.29, 1.82) is 0 Å². The van der Waals surface area contributed by atoms with Crippen molar-refractivity contribution in [2.75, 3.05) is 39.3 Å². The molecule has 2 rings (SSSR count). The fourth-order valence-corrected chi connectivity index (χ4v) is 3.50. The molecule has 1 aliphatic heterocycles. The number of aryl methyl sites for hydroxylation is 1. The van der Waals surface area contributed by atoms with Crippen molar-refractivity contribution in [3.05, 3.63) is 29.8 Å². The first kappa shape index (κ1) is 22.6. The first-order valence-corrected chi connectivity index (χ1v) is 9.12. The summed E-state index contributed by atoms with van der Waals surface area (Å²) in [4.78, 5) is 2.62. The minimum absolute atomic E-state index is 0. The maximum Gasteiger partial charge on any atom is 0.240 e. The number of nitrogens with one attached hydrogen (secondary N) is 2. The Labute approximate surface area is 152 Å². The van der Waals surface area contributed by atoms with Crippen molar-refractivity contribution < 1.29 is 8.42 Å². The summed E-state index contributed by atoms with van der Waals surface area (Å²) in [6, 6.07) is 7.18. The van der Waals surface area contributed by atoms with Gasteiger partial charge in [0.2, 0.25) is 10.0 Å². The predicted molar refractivity (Wildman–Crippen MR) is 99.4 cm³/mol. The minimum Gasteiger partial charge on any atom is -0.314 e. The van der Waals surface area contributed by atoms with E-state index in [0.717, 1.165) is 45.6 Å². The summed E-state index contributed by atoms with van der Waals surface area (Å²) in [5.74, 6) is 0. The molecule has 0 amide bonds. The molecule has 1 aromatic carbocycles. The zero-order chi connectivity index (χ0) is 15.1. The third-order valence-electron chi connectivity index (χ3n) is 3.70. The number of sulfonamides is 1. The van der Waals surface area contributed by atoms with Crippen LogP contribution >= 0.6 is 24.8 Å². The molecule has 1 saturated heterocycles. The quantitative estimate of drug-likeness (QED) is 0.751. The van der Waals surface area contributed by atoms with Crippen LogP contribution in [0.1, 0.15) is 18.9 Å². The van der Waals surface area contributed by atoms with Crippen LogP contribution in [0.15, 0.2) is 29.2 Å². The number of rotatable bonds is 7. The largest absolute Gasteiger partial charge is 0.314 e. The molecule has 0 radical (unpaired) electrons. The monoisotopic (exact) mass is 383 g/mol. The van der Waals surface area contributed by atoms with Gasteiger partial charge in [0.1, 0.15) is 0 Å². The molecule has 5 nitrogen and oxygen atoms in total. The lowest BCUT2D eigenvalue weighted by molar-refractivity contribution is 0.245. The highest BCUT2D eigenvalue weighted by Crippen LogP contribution is 2.11. The Kier molecular flexibility index (Phi) is 11.1. The molecule has 0 spiro atoms. The van der Waals surface area contributed by atoms with E-state index in [1.165, 1.54) is 5.56 Å². The number of nitrogens with zero attached hydrogens (tertiary/aromatic N) is 1. The summed E-state index contributed by atoms with van der Waals surface area (Å²) in [6.07, 6.45) is 2.05. The molecule has 0 bridgehead atoms. The summed E-state index contributed by atoms with van der Waals surface area (Å²) in [5.41, 5.74) is 1.18. The van der Waals surface area contributed by atoms with E-state index in [-0.39, 0.29) is 24.8 Å². The molecule has 0 aromatic heterocycles. The SMILES string of the molecule is CCCc1ccc(S(=O)(=O)NCCN2CCNCC2)cc1.Cl.Cl. The van der Waals surface area contributed by atoms with Crippen molar-refractivity contribution in [3.8, 4) is 0 Å². The fourth-order valence-electron chi connectivity index (χ4n) is 2.48. The normalized spacial score (nSPS) is 15.5. The summed E-state index contributed by atoms with van der Waals surface area (Å²) in [5, 5.41) is 3.28. The highest BCUT2D eigenvalue weighted by Gasteiger charge is 2.15. The number of piperazine rings is 1. The maximum atomic E-state index is 12.2. The summed E-state index contributed by atoms with van der Waals surface area (Å²) in [7, 11) is -3.39. The Morgan fingerprint density at radius 3 is 2.30 bits per heavy atom. The fraction of sp³-hybridized carbons (Fsp3) is 0.600. The molecule has 0 atom stereocenters. The van der Waals surface area contributed by atoms with E-state index >= 15 is 0 Å². The van der Waals surface area contributed by atoms with Gasteiger partial charge in [0.15, 0.2) is 0 Å². The summed E-state index contributed by atoms with van der Waals surface area (Å²) in [6.45, 7) is 7.24. The number of benzene rings is 1. The second-order valence-electron chi connectivity index (χ2n) is 5.38. The van der Waals surface area contributed by atoms with E-state index in [4.69, 9.17) is 0 Å². The second kappa shape index (κ2) is 11.2.